The number of aryl methyl sites for hydroxylation is 1. The van der Waals surface area contributed by atoms with Crippen LogP contribution in [0.2, 0.25) is 0 Å². The number of rotatable bonds is 6. The van der Waals surface area contributed by atoms with Crippen LogP contribution in [-0.4, -0.2) is 79.3 Å². The third-order valence-corrected chi connectivity index (χ3v) is 4.69. The molecule has 0 spiro atoms. The number of carbonyl (C=O) groups is 1. The summed E-state index contributed by atoms with van der Waals surface area (Å²) in [6.45, 7) is 6.31. The van der Waals surface area contributed by atoms with Gasteiger partial charge in [-0.25, -0.2) is 0 Å². The number of carboxylic acids is 1. The molecule has 1 saturated heterocycles. The molecule has 9 nitrogen and oxygen atoms in total. The van der Waals surface area contributed by atoms with Crippen molar-refractivity contribution in [1.29, 1.82) is 0 Å². The Morgan fingerprint density at radius 3 is 2.04 bits per heavy atom. The van der Waals surface area contributed by atoms with Gasteiger partial charge in [-0.2, -0.15) is 0 Å². The Kier molecular flexibility index (Phi) is 9.12. The Morgan fingerprint density at radius 1 is 1.04 bits per heavy atom. The van der Waals surface area contributed by atoms with Gasteiger partial charge in [-0.15, -0.1) is 0 Å². The van der Waals surface area contributed by atoms with Gasteiger partial charge in [0.25, 0.3) is 5.69 Å². The van der Waals surface area contributed by atoms with Crippen LogP contribution in [0.1, 0.15) is 12.0 Å². The summed E-state index contributed by atoms with van der Waals surface area (Å²) in [5.41, 5.74) is 0.951. The number of aliphatic carboxylic acids is 1. The van der Waals surface area contributed by atoms with E-state index in [1.54, 1.807) is 12.1 Å². The van der Waals surface area contributed by atoms with Crippen molar-refractivity contribution in [3.8, 4) is 0 Å². The van der Waals surface area contributed by atoms with Crippen LogP contribution in [-0.2, 0) is 11.2 Å². The van der Waals surface area contributed by atoms with Gasteiger partial charge in [-0.1, -0.05) is 12.1 Å². The van der Waals surface area contributed by atoms with E-state index < -0.39 is 16.9 Å². The largest absolute Gasteiger partial charge is 0.480 e. The van der Waals surface area contributed by atoms with Gasteiger partial charge in [0.05, 0.1) is 4.92 Å². The van der Waals surface area contributed by atoms with Gasteiger partial charge >= 0.3 is 5.97 Å². The van der Waals surface area contributed by atoms with E-state index >= 15 is 0 Å². The molecule has 0 saturated carbocycles. The smallest absolute Gasteiger partial charge is 0.320 e. The van der Waals surface area contributed by atoms with Gasteiger partial charge in [-0.3, -0.25) is 19.8 Å². The van der Waals surface area contributed by atoms with Crippen molar-refractivity contribution in [3.63, 3.8) is 0 Å². The van der Waals surface area contributed by atoms with Crippen molar-refractivity contribution in [3.05, 3.63) is 39.9 Å². The van der Waals surface area contributed by atoms with Crippen molar-refractivity contribution in [2.75, 3.05) is 52.4 Å². The first-order valence-electron chi connectivity index (χ1n) is 9.40. The second-order valence-electron chi connectivity index (χ2n) is 6.60. The van der Waals surface area contributed by atoms with Gasteiger partial charge < -0.3 is 21.1 Å². The van der Waals surface area contributed by atoms with Gasteiger partial charge in [-0.05, 0) is 18.4 Å². The molecule has 1 heterocycles. The Labute approximate surface area is 159 Å². The maximum atomic E-state index is 11.9. The predicted octanol–water partition coefficient (Wildman–Crippen LogP) is 0.0650. The Balaban J connectivity index is 1.95. The number of hydrogen-bond acceptors (Lipinski definition) is 7. The highest BCUT2D eigenvalue weighted by Crippen LogP contribution is 2.15. The minimum absolute atomic E-state index is 0.0447. The zero-order valence-electron chi connectivity index (χ0n) is 15.5. The molecule has 27 heavy (non-hydrogen) atoms. The zero-order chi connectivity index (χ0) is 19.5. The summed E-state index contributed by atoms with van der Waals surface area (Å²) in [6, 6.07) is 5.74. The molecular formula is C18H29N5O4. The number of nitrogens with zero attached hydrogens (tertiary/aromatic N) is 2. The highest BCUT2D eigenvalue weighted by Gasteiger charge is 2.25. The van der Waals surface area contributed by atoms with E-state index in [-0.39, 0.29) is 5.69 Å². The maximum absolute atomic E-state index is 11.9. The monoisotopic (exact) mass is 379 g/mol. The normalized spacial score (nSPS) is 18.8. The minimum Gasteiger partial charge on any atom is -0.480 e. The van der Waals surface area contributed by atoms with Crippen molar-refractivity contribution in [1.82, 2.24) is 20.9 Å². The molecule has 1 atom stereocenters. The van der Waals surface area contributed by atoms with Crippen LogP contribution >= 0.6 is 0 Å². The molecule has 0 aromatic heterocycles. The van der Waals surface area contributed by atoms with Gasteiger partial charge in [0.15, 0.2) is 0 Å². The lowest BCUT2D eigenvalue weighted by Gasteiger charge is -2.29. The summed E-state index contributed by atoms with van der Waals surface area (Å²) >= 11 is 0. The summed E-state index contributed by atoms with van der Waals surface area (Å²) in [5, 5.41) is 30.5. The van der Waals surface area contributed by atoms with Crippen LogP contribution in [0.4, 0.5) is 5.69 Å². The van der Waals surface area contributed by atoms with E-state index in [1.165, 1.54) is 12.1 Å². The molecular weight excluding hydrogens is 350 g/mol. The Hall–Kier alpha value is -2.07. The molecule has 9 heteroatoms. The lowest BCUT2D eigenvalue weighted by atomic mass is 10.0. The van der Waals surface area contributed by atoms with Crippen LogP contribution < -0.4 is 16.0 Å². The highest BCUT2D eigenvalue weighted by atomic mass is 16.6. The molecule has 0 radical (unpaired) electrons. The average molecular weight is 379 g/mol. The average Bonchev–Trinajstić information content (AvgIpc) is 2.63. The van der Waals surface area contributed by atoms with E-state index in [4.69, 9.17) is 0 Å². The molecule has 1 aliphatic rings. The fraction of sp³-hybridized carbons (Fsp3) is 0.611. The molecule has 1 aliphatic heterocycles. The van der Waals surface area contributed by atoms with Crippen LogP contribution in [0, 0.1) is 10.1 Å². The van der Waals surface area contributed by atoms with Gasteiger partial charge in [0.1, 0.15) is 6.04 Å². The number of non-ortho nitro benzene ring substituents is 1. The van der Waals surface area contributed by atoms with Gasteiger partial charge in [0.2, 0.25) is 0 Å². The van der Waals surface area contributed by atoms with Crippen LogP contribution in [0.25, 0.3) is 0 Å². The maximum Gasteiger partial charge on any atom is 0.320 e. The molecule has 0 bridgehead atoms. The molecule has 2 rings (SSSR count). The van der Waals surface area contributed by atoms with Crippen molar-refractivity contribution >= 4 is 11.7 Å². The quantitative estimate of drug-likeness (QED) is 0.405. The lowest BCUT2D eigenvalue weighted by Crippen LogP contribution is -2.48. The number of carboxylic acid groups (broad SMARTS) is 1. The molecule has 0 aliphatic carbocycles. The highest BCUT2D eigenvalue weighted by molar-refractivity contribution is 5.73. The third kappa shape index (κ3) is 7.59. The standard InChI is InChI=1S/C18H29N5O4/c24-18(25)17(6-3-15-1-4-16(5-2-15)23(26)27)22-13-11-20-9-7-19-8-10-21-12-14-22/h1-2,4-5,17,19-21H,3,6-14H2,(H,24,25). The van der Waals surface area contributed by atoms with E-state index in [2.05, 4.69) is 16.0 Å². The molecule has 1 fully saturated rings. The SMILES string of the molecule is O=C(O)C(CCc1ccc([N+](=O)[O-])cc1)N1CCNCCNCCNCC1. The number of nitro groups is 1. The summed E-state index contributed by atoms with van der Waals surface area (Å²) in [5.74, 6) is -0.828. The summed E-state index contributed by atoms with van der Waals surface area (Å²) in [4.78, 5) is 24.2. The fourth-order valence-electron chi connectivity index (χ4n) is 3.15. The Bertz CT molecular complexity index is 584. The predicted molar refractivity (Wildman–Crippen MR) is 103 cm³/mol. The lowest BCUT2D eigenvalue weighted by molar-refractivity contribution is -0.384. The molecule has 4 N–H and O–H groups in total. The second-order valence-corrected chi connectivity index (χ2v) is 6.60. The fourth-order valence-corrected chi connectivity index (χ4v) is 3.15. The van der Waals surface area contributed by atoms with E-state index in [9.17, 15) is 20.0 Å². The third-order valence-electron chi connectivity index (χ3n) is 4.69. The Morgan fingerprint density at radius 2 is 1.56 bits per heavy atom. The molecule has 1 unspecified atom stereocenters. The summed E-state index contributed by atoms with van der Waals surface area (Å²) < 4.78 is 0. The molecule has 150 valence electrons. The number of benzene rings is 1. The molecule has 0 amide bonds. The number of nitro benzene ring substituents is 1. The number of nitrogens with one attached hydrogen (secondary N) is 3. The van der Waals surface area contributed by atoms with Crippen molar-refractivity contribution in [2.45, 2.75) is 18.9 Å². The second kappa shape index (κ2) is 11.6. The molecule has 1 aromatic rings. The summed E-state index contributed by atoms with van der Waals surface area (Å²) in [7, 11) is 0. The zero-order valence-corrected chi connectivity index (χ0v) is 15.5. The van der Waals surface area contributed by atoms with Crippen molar-refractivity contribution in [2.24, 2.45) is 0 Å². The van der Waals surface area contributed by atoms with E-state index in [0.29, 0.717) is 25.9 Å². The van der Waals surface area contributed by atoms with Crippen LogP contribution in [0.3, 0.4) is 0 Å². The minimum atomic E-state index is -0.828. The van der Waals surface area contributed by atoms with Crippen LogP contribution in [0.15, 0.2) is 24.3 Å². The van der Waals surface area contributed by atoms with Gasteiger partial charge in [0, 0.05) is 64.5 Å². The van der Waals surface area contributed by atoms with E-state index in [1.807, 2.05) is 4.90 Å². The first-order valence-corrected chi connectivity index (χ1v) is 9.40. The topological polar surface area (TPSA) is 120 Å². The molecule has 1 aromatic carbocycles. The first kappa shape index (κ1) is 21.2. The van der Waals surface area contributed by atoms with Crippen molar-refractivity contribution < 1.29 is 14.8 Å². The summed E-state index contributed by atoms with van der Waals surface area (Å²) in [6.07, 6.45) is 1.03. The van der Waals surface area contributed by atoms with Crippen LogP contribution in [0.5, 0.6) is 0 Å². The first-order chi connectivity index (χ1) is 13.1. The number of hydrogen-bond donors (Lipinski definition) is 4. The van der Waals surface area contributed by atoms with E-state index in [0.717, 1.165) is 44.8 Å².